The van der Waals surface area contributed by atoms with Gasteiger partial charge in [0, 0.05) is 12.8 Å². The Balaban J connectivity index is 2.73. The zero-order valence-corrected chi connectivity index (χ0v) is 11.2. The lowest BCUT2D eigenvalue weighted by Crippen LogP contribution is -2.46. The summed E-state index contributed by atoms with van der Waals surface area (Å²) in [5.41, 5.74) is 9.69. The first-order valence-electron chi connectivity index (χ1n) is 6.50. The highest BCUT2D eigenvalue weighted by atomic mass is 16.5. The summed E-state index contributed by atoms with van der Waals surface area (Å²) in [7, 11) is 0. The van der Waals surface area contributed by atoms with Crippen molar-refractivity contribution in [3.8, 4) is 0 Å². The predicted octanol–water partition coefficient (Wildman–Crippen LogP) is 1.24. The number of nitrogens with two attached hydrogens (primary N) is 2. The second kappa shape index (κ2) is 8.02. The van der Waals surface area contributed by atoms with Crippen LogP contribution in [-0.2, 0) is 11.2 Å². The number of pyridine rings is 1. The Labute approximate surface area is 109 Å². The minimum absolute atomic E-state index is 0.0522. The molecule has 2 unspecified atom stereocenters. The van der Waals surface area contributed by atoms with E-state index >= 15 is 0 Å². The SMILES string of the molecule is CCCC(OCC)C(Cc1cccnc1N)NN. The van der Waals surface area contributed by atoms with E-state index in [1.54, 1.807) is 6.20 Å². The van der Waals surface area contributed by atoms with E-state index in [-0.39, 0.29) is 12.1 Å². The van der Waals surface area contributed by atoms with Gasteiger partial charge in [0.05, 0.1) is 12.1 Å². The Kier molecular flexibility index (Phi) is 6.64. The molecule has 0 aliphatic carbocycles. The fourth-order valence-electron chi connectivity index (χ4n) is 2.06. The number of nitrogens with one attached hydrogen (secondary N) is 1. The molecule has 0 fully saturated rings. The Morgan fingerprint density at radius 2 is 2.22 bits per heavy atom. The van der Waals surface area contributed by atoms with Gasteiger partial charge in [-0.3, -0.25) is 11.3 Å². The van der Waals surface area contributed by atoms with Crippen LogP contribution in [0.4, 0.5) is 5.82 Å². The highest BCUT2D eigenvalue weighted by Gasteiger charge is 2.21. The molecule has 1 heterocycles. The number of hydrazine groups is 1. The van der Waals surface area contributed by atoms with Crippen LogP contribution in [0.25, 0.3) is 0 Å². The first kappa shape index (κ1) is 14.9. The van der Waals surface area contributed by atoms with Crippen LogP contribution in [0, 0.1) is 0 Å². The molecular weight excluding hydrogens is 228 g/mol. The van der Waals surface area contributed by atoms with Gasteiger partial charge in [-0.15, -0.1) is 0 Å². The zero-order valence-electron chi connectivity index (χ0n) is 11.2. The molecule has 18 heavy (non-hydrogen) atoms. The van der Waals surface area contributed by atoms with E-state index in [0.29, 0.717) is 12.4 Å². The van der Waals surface area contributed by atoms with E-state index < -0.39 is 0 Å². The van der Waals surface area contributed by atoms with Crippen molar-refractivity contribution in [2.75, 3.05) is 12.3 Å². The average Bonchev–Trinajstić information content (AvgIpc) is 2.38. The molecule has 5 heteroatoms. The van der Waals surface area contributed by atoms with E-state index in [2.05, 4.69) is 17.3 Å². The van der Waals surface area contributed by atoms with Crippen molar-refractivity contribution in [3.63, 3.8) is 0 Å². The van der Waals surface area contributed by atoms with Crippen molar-refractivity contribution in [2.45, 2.75) is 45.3 Å². The van der Waals surface area contributed by atoms with Crippen molar-refractivity contribution in [3.05, 3.63) is 23.9 Å². The molecular formula is C13H24N4O. The molecule has 1 rings (SSSR count). The van der Waals surface area contributed by atoms with Crippen LogP contribution in [0.3, 0.4) is 0 Å². The number of anilines is 1. The van der Waals surface area contributed by atoms with Crippen LogP contribution in [0.5, 0.6) is 0 Å². The van der Waals surface area contributed by atoms with Crippen LogP contribution in [-0.4, -0.2) is 23.7 Å². The number of hydrogen-bond donors (Lipinski definition) is 3. The minimum atomic E-state index is 0.0522. The van der Waals surface area contributed by atoms with Crippen molar-refractivity contribution in [2.24, 2.45) is 5.84 Å². The maximum atomic E-state index is 5.85. The number of rotatable bonds is 8. The lowest BCUT2D eigenvalue weighted by molar-refractivity contribution is 0.0282. The van der Waals surface area contributed by atoms with Gasteiger partial charge in [-0.25, -0.2) is 4.98 Å². The quantitative estimate of drug-likeness (QED) is 0.479. The van der Waals surface area contributed by atoms with Crippen molar-refractivity contribution in [1.82, 2.24) is 10.4 Å². The van der Waals surface area contributed by atoms with E-state index in [4.69, 9.17) is 16.3 Å². The highest BCUT2D eigenvalue weighted by molar-refractivity contribution is 5.39. The molecule has 0 bridgehead atoms. The number of nitrogens with zero attached hydrogens (tertiary/aromatic N) is 1. The van der Waals surface area contributed by atoms with Crippen molar-refractivity contribution in [1.29, 1.82) is 0 Å². The second-order valence-electron chi connectivity index (χ2n) is 4.31. The standard InChI is InChI=1S/C13H24N4O/c1-3-6-12(18-4-2)11(17-15)9-10-7-5-8-16-13(10)14/h5,7-8,11-12,17H,3-4,6,9,15H2,1-2H3,(H2,14,16). The van der Waals surface area contributed by atoms with Crippen LogP contribution < -0.4 is 17.0 Å². The van der Waals surface area contributed by atoms with E-state index in [1.807, 2.05) is 19.1 Å². The summed E-state index contributed by atoms with van der Waals surface area (Å²) >= 11 is 0. The molecule has 0 radical (unpaired) electrons. The normalized spacial score (nSPS) is 14.4. The molecule has 0 saturated heterocycles. The van der Waals surface area contributed by atoms with Gasteiger partial charge in [0.1, 0.15) is 5.82 Å². The highest BCUT2D eigenvalue weighted by Crippen LogP contribution is 2.15. The lowest BCUT2D eigenvalue weighted by Gasteiger charge is -2.26. The largest absolute Gasteiger partial charge is 0.383 e. The van der Waals surface area contributed by atoms with E-state index in [1.165, 1.54) is 0 Å². The Morgan fingerprint density at radius 3 is 2.78 bits per heavy atom. The van der Waals surface area contributed by atoms with Gasteiger partial charge in [0.15, 0.2) is 0 Å². The third-order valence-corrected chi connectivity index (χ3v) is 2.98. The Morgan fingerprint density at radius 1 is 1.44 bits per heavy atom. The van der Waals surface area contributed by atoms with Gasteiger partial charge in [0.25, 0.3) is 0 Å². The zero-order chi connectivity index (χ0) is 13.4. The fraction of sp³-hybridized carbons (Fsp3) is 0.615. The number of nitrogen functional groups attached to an aromatic ring is 1. The molecule has 1 aromatic heterocycles. The van der Waals surface area contributed by atoms with Gasteiger partial charge in [-0.1, -0.05) is 19.4 Å². The smallest absolute Gasteiger partial charge is 0.126 e. The number of aromatic nitrogens is 1. The number of hydrogen-bond acceptors (Lipinski definition) is 5. The first-order chi connectivity index (χ1) is 8.72. The van der Waals surface area contributed by atoms with Crippen LogP contribution >= 0.6 is 0 Å². The predicted molar refractivity (Wildman–Crippen MR) is 73.8 cm³/mol. The van der Waals surface area contributed by atoms with Crippen molar-refractivity contribution < 1.29 is 4.74 Å². The summed E-state index contributed by atoms with van der Waals surface area (Å²) < 4.78 is 5.74. The van der Waals surface area contributed by atoms with Gasteiger partial charge < -0.3 is 10.5 Å². The molecule has 0 saturated carbocycles. The lowest BCUT2D eigenvalue weighted by atomic mass is 9.99. The molecule has 0 spiro atoms. The molecule has 5 nitrogen and oxygen atoms in total. The summed E-state index contributed by atoms with van der Waals surface area (Å²) in [6, 6.07) is 3.91. The van der Waals surface area contributed by atoms with Crippen LogP contribution in [0.15, 0.2) is 18.3 Å². The molecule has 102 valence electrons. The maximum Gasteiger partial charge on any atom is 0.126 e. The molecule has 0 aromatic carbocycles. The van der Waals surface area contributed by atoms with Crippen molar-refractivity contribution >= 4 is 5.82 Å². The van der Waals surface area contributed by atoms with Gasteiger partial charge >= 0.3 is 0 Å². The summed E-state index contributed by atoms with van der Waals surface area (Å²) in [5.74, 6) is 6.20. The second-order valence-corrected chi connectivity index (χ2v) is 4.31. The molecule has 0 amide bonds. The van der Waals surface area contributed by atoms with E-state index in [9.17, 15) is 0 Å². The van der Waals surface area contributed by atoms with Gasteiger partial charge in [-0.2, -0.15) is 0 Å². The third-order valence-electron chi connectivity index (χ3n) is 2.98. The van der Waals surface area contributed by atoms with Gasteiger partial charge in [0.2, 0.25) is 0 Å². The first-order valence-corrected chi connectivity index (χ1v) is 6.50. The topological polar surface area (TPSA) is 86.2 Å². The van der Waals surface area contributed by atoms with Crippen LogP contribution in [0.2, 0.25) is 0 Å². The summed E-state index contributed by atoms with van der Waals surface area (Å²) in [5, 5.41) is 0. The fourth-order valence-corrected chi connectivity index (χ4v) is 2.06. The van der Waals surface area contributed by atoms with Gasteiger partial charge in [-0.05, 0) is 31.4 Å². The van der Waals surface area contributed by atoms with Crippen LogP contribution in [0.1, 0.15) is 32.3 Å². The maximum absolute atomic E-state index is 5.85. The summed E-state index contributed by atoms with van der Waals surface area (Å²) in [6.07, 6.45) is 4.55. The summed E-state index contributed by atoms with van der Waals surface area (Å²) in [6.45, 7) is 4.82. The summed E-state index contributed by atoms with van der Waals surface area (Å²) in [4.78, 5) is 4.09. The average molecular weight is 252 g/mol. The molecule has 1 aromatic rings. The molecule has 5 N–H and O–H groups in total. The third kappa shape index (κ3) is 4.25. The Hall–Kier alpha value is -1.17. The van der Waals surface area contributed by atoms with E-state index in [0.717, 1.165) is 24.8 Å². The molecule has 2 atom stereocenters. The monoisotopic (exact) mass is 252 g/mol. The minimum Gasteiger partial charge on any atom is -0.383 e. The Bertz CT molecular complexity index is 340. The molecule has 0 aliphatic rings. The molecule has 0 aliphatic heterocycles. The number of ether oxygens (including phenoxy) is 1.